The number of phosphoric acid groups is 4. The van der Waals surface area contributed by atoms with Gasteiger partial charge in [-0.2, -0.15) is 0 Å². The van der Waals surface area contributed by atoms with Crippen LogP contribution < -0.4 is 19.6 Å². The Kier molecular flexibility index (Phi) is 117. The van der Waals surface area contributed by atoms with Crippen molar-refractivity contribution in [3.8, 4) is 0 Å². The van der Waals surface area contributed by atoms with Crippen molar-refractivity contribution in [2.24, 2.45) is 0 Å². The molecule has 0 N–H and O–H groups in total. The molecule has 16 nitrogen and oxygen atoms in total. The van der Waals surface area contributed by atoms with Gasteiger partial charge in [0.25, 0.3) is 31.3 Å². The van der Waals surface area contributed by atoms with Crippen LogP contribution in [0.15, 0.2) is 0 Å². The van der Waals surface area contributed by atoms with Crippen molar-refractivity contribution >= 4 is 31.3 Å². The summed E-state index contributed by atoms with van der Waals surface area (Å²) < 4.78 is 86.7. The molecule has 706 valence electrons. The maximum atomic E-state index is 11.7. The van der Waals surface area contributed by atoms with E-state index in [9.17, 15) is 37.8 Å². The second-order valence-electron chi connectivity index (χ2n) is 33.9. The van der Waals surface area contributed by atoms with Crippen molar-refractivity contribution in [3.05, 3.63) is 0 Å². The van der Waals surface area contributed by atoms with E-state index in [1.807, 2.05) is 0 Å². The summed E-state index contributed by atoms with van der Waals surface area (Å²) in [4.78, 5) is 46.9. The predicted molar refractivity (Wildman–Crippen MR) is 493 cm³/mol. The van der Waals surface area contributed by atoms with Crippen molar-refractivity contribution in [1.29, 1.82) is 0 Å². The second kappa shape index (κ2) is 108. The van der Waals surface area contributed by atoms with E-state index < -0.39 is 31.3 Å². The zero-order valence-corrected chi connectivity index (χ0v) is 84.5. The van der Waals surface area contributed by atoms with Gasteiger partial charge in [0.15, 0.2) is 0 Å². The third-order valence-electron chi connectivity index (χ3n) is 22.0. The van der Waals surface area contributed by atoms with Gasteiger partial charge in [0, 0.05) is 0 Å². The van der Waals surface area contributed by atoms with E-state index in [1.165, 1.54) is 411 Å². The quantitative estimate of drug-likeness (QED) is 0.0313. The van der Waals surface area contributed by atoms with Crippen LogP contribution >= 0.6 is 31.3 Å². The second-order valence-corrected chi connectivity index (χ2v) is 39.6. The summed E-state index contributed by atoms with van der Waals surface area (Å²) in [6.45, 7) is 20.0. The van der Waals surface area contributed by atoms with Gasteiger partial charge in [-0.15, -0.1) is 0 Å². The molecule has 0 fully saturated rings. The Morgan fingerprint density at radius 1 is 0.128 bits per heavy atom. The topological polar surface area (TPSA) is 234 Å². The van der Waals surface area contributed by atoms with Crippen LogP contribution in [0.25, 0.3) is 0 Å². The molecular weight excluding hydrogens is 1630 g/mol. The Hall–Kier alpha value is 1.13. The van der Waals surface area contributed by atoms with E-state index in [1.54, 1.807) is 0 Å². The van der Waals surface area contributed by atoms with Crippen molar-refractivity contribution in [2.45, 2.75) is 569 Å². The Bertz CT molecular complexity index is 1610. The molecule has 0 aliphatic heterocycles. The molecule has 0 aliphatic rings. The Balaban J connectivity index is -0.000000475. The Morgan fingerprint density at radius 2 is 0.188 bits per heavy atom. The molecule has 0 saturated heterocycles. The third kappa shape index (κ3) is 121. The summed E-state index contributed by atoms with van der Waals surface area (Å²) >= 11 is 0. The number of hydrogen-bond donors (Lipinski definition) is 0. The van der Waals surface area contributed by atoms with Crippen LogP contribution in [0.5, 0.6) is 0 Å². The SMILES string of the molecule is CCCCCCCCCCCCOP(=O)([O-])OCCCCCCCCCCCC.CCCCCCCCCCCCOP(=O)([O-])OCCCCCCCCCCCC.CCCCCCCCCCCCOP(=O)([O-])OCCCCCCCCCCCC.CCCCCCCCCCCCOP(=O)([O-])OCCCCCCCCCCCC.[Mo+4]. The monoisotopic (exact) mass is 1830 g/mol. The minimum Gasteiger partial charge on any atom is -0.756 e. The maximum Gasteiger partial charge on any atom is 4.00 e. The number of rotatable bonds is 96. The zero-order chi connectivity index (χ0) is 85.9. The first-order valence-corrected chi connectivity index (χ1v) is 56.7. The molecule has 0 aromatic heterocycles. The average Bonchev–Trinajstić information content (AvgIpc) is 0.959. The van der Waals surface area contributed by atoms with Gasteiger partial charge in [0.1, 0.15) is 0 Å². The first-order valence-electron chi connectivity index (χ1n) is 50.9. The summed E-state index contributed by atoms with van der Waals surface area (Å²) in [7, 11) is -16.4. The smallest absolute Gasteiger partial charge is 0.756 e. The minimum atomic E-state index is -4.10. The molecule has 0 aromatic carbocycles. The van der Waals surface area contributed by atoms with Crippen LogP contribution in [0.3, 0.4) is 0 Å². The number of phosphoric ester groups is 4. The van der Waals surface area contributed by atoms with Gasteiger partial charge in [-0.3, -0.25) is 18.3 Å². The van der Waals surface area contributed by atoms with E-state index in [4.69, 9.17) is 36.2 Å². The molecule has 0 radical (unpaired) electrons. The molecule has 0 aliphatic carbocycles. The normalized spacial score (nSPS) is 11.9. The van der Waals surface area contributed by atoms with E-state index in [-0.39, 0.29) is 73.9 Å². The fourth-order valence-corrected chi connectivity index (χ4v) is 17.4. The van der Waals surface area contributed by atoms with Crippen LogP contribution in [0.2, 0.25) is 0 Å². The van der Waals surface area contributed by atoms with E-state index in [0.717, 1.165) is 103 Å². The molecule has 21 heteroatoms. The largest absolute Gasteiger partial charge is 4.00 e. The molecule has 0 heterocycles. The van der Waals surface area contributed by atoms with Gasteiger partial charge in [0.2, 0.25) is 0 Å². The molecule has 0 amide bonds. The predicted octanol–water partition coefficient (Wildman–Crippen LogP) is 33.3. The zero-order valence-electron chi connectivity index (χ0n) is 79.0. The van der Waals surface area contributed by atoms with Crippen LogP contribution in [-0.2, 0) is 75.5 Å². The molecular formula is C96H200MoO16P4. The van der Waals surface area contributed by atoms with Crippen LogP contribution in [-0.4, -0.2) is 52.9 Å². The van der Waals surface area contributed by atoms with Crippen LogP contribution in [0.1, 0.15) is 569 Å². The molecule has 0 aromatic rings. The fraction of sp³-hybridized carbons (Fsp3) is 1.00. The van der Waals surface area contributed by atoms with E-state index >= 15 is 0 Å². The standard InChI is InChI=1S/4C24H51O4P.Mo/c4*1-3-5-7-9-11-13-15-17-19-21-23-27-29(25,26)28-24-22-20-18-16-14-12-10-8-6-4-2;/h4*3-24H2,1-2H3,(H,25,26);/q;;;;+4/p-4. The minimum absolute atomic E-state index is 0. The molecule has 117 heavy (non-hydrogen) atoms. The molecule has 0 spiro atoms. The first-order chi connectivity index (χ1) is 56.5. The first kappa shape index (κ1) is 127. The fourth-order valence-electron chi connectivity index (χ4n) is 14.3. The summed E-state index contributed by atoms with van der Waals surface area (Å²) in [6.07, 6.45) is 98.0. The summed E-state index contributed by atoms with van der Waals surface area (Å²) in [5, 5.41) is 0. The van der Waals surface area contributed by atoms with Crippen molar-refractivity contribution in [1.82, 2.24) is 0 Å². The van der Waals surface area contributed by atoms with Gasteiger partial charge >= 0.3 is 21.1 Å². The van der Waals surface area contributed by atoms with Crippen LogP contribution in [0, 0.1) is 0 Å². The van der Waals surface area contributed by atoms with E-state index in [0.29, 0.717) is 0 Å². The van der Waals surface area contributed by atoms with Crippen LogP contribution in [0.4, 0.5) is 0 Å². The Labute approximate surface area is 743 Å². The average molecular weight is 1830 g/mol. The van der Waals surface area contributed by atoms with E-state index in [2.05, 4.69) is 55.4 Å². The maximum absolute atomic E-state index is 11.7. The van der Waals surface area contributed by atoms with Crippen molar-refractivity contribution < 1.29 is 95.1 Å². The number of unbranched alkanes of at least 4 members (excludes halogenated alkanes) is 72. The summed E-state index contributed by atoms with van der Waals surface area (Å²) in [5.41, 5.74) is 0. The molecule has 0 bridgehead atoms. The molecule has 0 unspecified atom stereocenters. The van der Waals surface area contributed by atoms with Gasteiger partial charge < -0.3 is 55.8 Å². The van der Waals surface area contributed by atoms with Crippen molar-refractivity contribution in [2.75, 3.05) is 52.9 Å². The number of hydrogen-bond acceptors (Lipinski definition) is 16. The molecule has 0 atom stereocenters. The Morgan fingerprint density at radius 3 is 0.256 bits per heavy atom. The van der Waals surface area contributed by atoms with Crippen molar-refractivity contribution in [3.63, 3.8) is 0 Å². The van der Waals surface area contributed by atoms with Gasteiger partial charge in [-0.05, 0) is 51.4 Å². The summed E-state index contributed by atoms with van der Waals surface area (Å²) in [6, 6.07) is 0. The summed E-state index contributed by atoms with van der Waals surface area (Å²) in [5.74, 6) is 0. The molecule has 0 rings (SSSR count). The third-order valence-corrected chi connectivity index (χ3v) is 26.0. The molecule has 0 saturated carbocycles. The van der Waals surface area contributed by atoms with Gasteiger partial charge in [-0.1, -0.05) is 518 Å². The van der Waals surface area contributed by atoms with Gasteiger partial charge in [-0.25, -0.2) is 0 Å². The van der Waals surface area contributed by atoms with Gasteiger partial charge in [0.05, 0.1) is 52.9 Å².